The number of rotatable bonds is 5. The Morgan fingerprint density at radius 3 is 2.77 bits per heavy atom. The number of hydrogen-bond donors (Lipinski definition) is 1. The molecule has 1 unspecified atom stereocenters. The third-order valence-electron chi connectivity index (χ3n) is 4.09. The number of amides is 2. The molecule has 1 atom stereocenters. The van der Waals surface area contributed by atoms with E-state index < -0.39 is 0 Å². The number of carbonyl (C=O) groups excluding carboxylic acids is 2. The zero-order valence-corrected chi connectivity index (χ0v) is 15.0. The normalized spacial score (nSPS) is 17.1. The van der Waals surface area contributed by atoms with Gasteiger partial charge in [0.25, 0.3) is 11.8 Å². The first-order valence-electron chi connectivity index (χ1n) is 8.16. The van der Waals surface area contributed by atoms with E-state index in [2.05, 4.69) is 5.32 Å². The van der Waals surface area contributed by atoms with Crippen LogP contribution in [0.5, 0.6) is 5.75 Å². The predicted octanol–water partition coefficient (Wildman–Crippen LogP) is 2.51. The number of morpholine rings is 1. The van der Waals surface area contributed by atoms with Gasteiger partial charge in [-0.25, -0.2) is 0 Å². The molecule has 1 aliphatic heterocycles. The van der Waals surface area contributed by atoms with E-state index in [4.69, 9.17) is 21.1 Å². The highest BCUT2D eigenvalue weighted by molar-refractivity contribution is 6.30. The fourth-order valence-electron chi connectivity index (χ4n) is 2.70. The van der Waals surface area contributed by atoms with Gasteiger partial charge in [0, 0.05) is 22.8 Å². The number of benzene rings is 2. The lowest BCUT2D eigenvalue weighted by molar-refractivity contribution is -0.129. The van der Waals surface area contributed by atoms with Gasteiger partial charge in [-0.2, -0.15) is 0 Å². The Labute approximate surface area is 156 Å². The quantitative estimate of drug-likeness (QED) is 0.873. The van der Waals surface area contributed by atoms with Crippen molar-refractivity contribution >= 4 is 29.1 Å². The molecule has 2 aromatic rings. The molecule has 6 nitrogen and oxygen atoms in total. The van der Waals surface area contributed by atoms with Crippen LogP contribution in [0.4, 0.5) is 5.69 Å². The second-order valence-corrected chi connectivity index (χ2v) is 6.29. The second kappa shape index (κ2) is 8.21. The predicted molar refractivity (Wildman–Crippen MR) is 98.9 cm³/mol. The van der Waals surface area contributed by atoms with Crippen LogP contribution in [0.3, 0.4) is 0 Å². The first-order chi connectivity index (χ1) is 12.6. The summed E-state index contributed by atoms with van der Waals surface area (Å²) in [6.07, 6.45) is -0.294. The number of methoxy groups -OCH3 is 1. The molecule has 1 heterocycles. The maximum absolute atomic E-state index is 12.2. The molecule has 0 bridgehead atoms. The van der Waals surface area contributed by atoms with E-state index in [1.165, 1.54) is 0 Å². The summed E-state index contributed by atoms with van der Waals surface area (Å²) in [5, 5.41) is 3.32. The lowest BCUT2D eigenvalue weighted by Crippen LogP contribution is -2.50. The molecule has 0 aromatic heterocycles. The van der Waals surface area contributed by atoms with Crippen molar-refractivity contribution in [3.8, 4) is 5.75 Å². The summed E-state index contributed by atoms with van der Waals surface area (Å²) in [6, 6.07) is 14.0. The Morgan fingerprint density at radius 1 is 1.31 bits per heavy atom. The molecular formula is C19H19ClN2O4. The van der Waals surface area contributed by atoms with Crippen LogP contribution in [-0.4, -0.2) is 44.7 Å². The average molecular weight is 375 g/mol. The van der Waals surface area contributed by atoms with Gasteiger partial charge in [-0.3, -0.25) is 9.59 Å². The first kappa shape index (κ1) is 18.2. The number of hydrogen-bond acceptors (Lipinski definition) is 4. The standard InChI is InChI=1S/C19H19ClN2O4/c1-25-16-7-5-15(6-8-16)22-11-17(26-12-18(22)23)10-21-19(24)13-3-2-4-14(20)9-13/h2-9,17H,10-12H2,1H3,(H,21,24). The van der Waals surface area contributed by atoms with Gasteiger partial charge in [0.1, 0.15) is 12.4 Å². The van der Waals surface area contributed by atoms with E-state index in [9.17, 15) is 9.59 Å². The van der Waals surface area contributed by atoms with Crippen LogP contribution in [0.2, 0.25) is 5.02 Å². The van der Waals surface area contributed by atoms with Crippen molar-refractivity contribution < 1.29 is 19.1 Å². The van der Waals surface area contributed by atoms with Crippen molar-refractivity contribution in [2.45, 2.75) is 6.10 Å². The highest BCUT2D eigenvalue weighted by atomic mass is 35.5. The van der Waals surface area contributed by atoms with E-state index in [1.807, 2.05) is 12.1 Å². The third kappa shape index (κ3) is 4.33. The van der Waals surface area contributed by atoms with Crippen molar-refractivity contribution in [3.05, 3.63) is 59.1 Å². The van der Waals surface area contributed by atoms with Crippen LogP contribution in [-0.2, 0) is 9.53 Å². The van der Waals surface area contributed by atoms with Gasteiger partial charge in [0.2, 0.25) is 0 Å². The number of anilines is 1. The summed E-state index contributed by atoms with van der Waals surface area (Å²) in [6.45, 7) is 0.635. The molecule has 136 valence electrons. The first-order valence-corrected chi connectivity index (χ1v) is 8.54. The Morgan fingerprint density at radius 2 is 2.08 bits per heavy atom. The van der Waals surface area contributed by atoms with E-state index in [-0.39, 0.29) is 24.5 Å². The number of nitrogens with one attached hydrogen (secondary N) is 1. The molecule has 26 heavy (non-hydrogen) atoms. The maximum Gasteiger partial charge on any atom is 0.253 e. The number of ether oxygens (including phenoxy) is 2. The molecule has 0 aliphatic carbocycles. The second-order valence-electron chi connectivity index (χ2n) is 5.86. The Kier molecular flexibility index (Phi) is 5.75. The highest BCUT2D eigenvalue weighted by Crippen LogP contribution is 2.22. The average Bonchev–Trinajstić information content (AvgIpc) is 2.67. The van der Waals surface area contributed by atoms with Crippen molar-refractivity contribution in [2.24, 2.45) is 0 Å². The summed E-state index contributed by atoms with van der Waals surface area (Å²) in [7, 11) is 1.59. The molecule has 3 rings (SSSR count). The van der Waals surface area contributed by atoms with Crippen molar-refractivity contribution in [2.75, 3.05) is 31.7 Å². The van der Waals surface area contributed by atoms with Crippen LogP contribution in [0.25, 0.3) is 0 Å². The molecule has 7 heteroatoms. The maximum atomic E-state index is 12.2. The van der Waals surface area contributed by atoms with Gasteiger partial charge >= 0.3 is 0 Å². The summed E-state index contributed by atoms with van der Waals surface area (Å²) in [5.74, 6) is 0.372. The van der Waals surface area contributed by atoms with Crippen molar-refractivity contribution in [1.82, 2.24) is 5.32 Å². The molecule has 2 aromatic carbocycles. The number of halogens is 1. The molecular weight excluding hydrogens is 356 g/mol. The molecule has 0 spiro atoms. The lowest BCUT2D eigenvalue weighted by Gasteiger charge is -2.33. The lowest BCUT2D eigenvalue weighted by atomic mass is 10.2. The van der Waals surface area contributed by atoms with Gasteiger partial charge < -0.3 is 19.7 Å². The molecule has 0 saturated carbocycles. The summed E-state index contributed by atoms with van der Waals surface area (Å²) in [5.41, 5.74) is 1.25. The van der Waals surface area contributed by atoms with E-state index in [0.29, 0.717) is 23.7 Å². The number of nitrogens with zero attached hydrogens (tertiary/aromatic N) is 1. The van der Waals surface area contributed by atoms with Gasteiger partial charge in [-0.05, 0) is 42.5 Å². The molecule has 0 radical (unpaired) electrons. The summed E-state index contributed by atoms with van der Waals surface area (Å²) < 4.78 is 10.7. The van der Waals surface area contributed by atoms with Gasteiger partial charge in [-0.15, -0.1) is 0 Å². The monoisotopic (exact) mass is 374 g/mol. The fourth-order valence-corrected chi connectivity index (χ4v) is 2.89. The number of carbonyl (C=O) groups is 2. The van der Waals surface area contributed by atoms with Crippen LogP contribution in [0.1, 0.15) is 10.4 Å². The minimum absolute atomic E-state index is 0.0241. The highest BCUT2D eigenvalue weighted by Gasteiger charge is 2.27. The van der Waals surface area contributed by atoms with Crippen LogP contribution < -0.4 is 15.0 Å². The Bertz CT molecular complexity index is 794. The van der Waals surface area contributed by atoms with Gasteiger partial charge in [0.05, 0.1) is 19.8 Å². The van der Waals surface area contributed by atoms with E-state index >= 15 is 0 Å². The summed E-state index contributed by atoms with van der Waals surface area (Å²) in [4.78, 5) is 26.0. The molecule has 2 amide bonds. The topological polar surface area (TPSA) is 67.9 Å². The smallest absolute Gasteiger partial charge is 0.253 e. The SMILES string of the molecule is COc1ccc(N2CC(CNC(=O)c3cccc(Cl)c3)OCC2=O)cc1. The van der Waals surface area contributed by atoms with Crippen LogP contribution >= 0.6 is 11.6 Å². The minimum Gasteiger partial charge on any atom is -0.497 e. The zero-order valence-electron chi connectivity index (χ0n) is 14.3. The third-order valence-corrected chi connectivity index (χ3v) is 4.33. The molecule has 1 aliphatic rings. The largest absolute Gasteiger partial charge is 0.497 e. The zero-order chi connectivity index (χ0) is 18.5. The van der Waals surface area contributed by atoms with Crippen LogP contribution in [0.15, 0.2) is 48.5 Å². The van der Waals surface area contributed by atoms with E-state index in [1.54, 1.807) is 48.4 Å². The van der Waals surface area contributed by atoms with Crippen molar-refractivity contribution in [1.29, 1.82) is 0 Å². The molecule has 1 saturated heterocycles. The Hall–Kier alpha value is -2.57. The minimum atomic E-state index is -0.294. The Balaban J connectivity index is 1.60. The fraction of sp³-hybridized carbons (Fsp3) is 0.263. The van der Waals surface area contributed by atoms with E-state index in [0.717, 1.165) is 11.4 Å². The van der Waals surface area contributed by atoms with Crippen LogP contribution in [0, 0.1) is 0 Å². The van der Waals surface area contributed by atoms with Crippen molar-refractivity contribution in [3.63, 3.8) is 0 Å². The summed E-state index contributed by atoms with van der Waals surface area (Å²) >= 11 is 5.90. The van der Waals surface area contributed by atoms with Gasteiger partial charge in [-0.1, -0.05) is 17.7 Å². The molecule has 1 fully saturated rings. The van der Waals surface area contributed by atoms with Gasteiger partial charge in [0.15, 0.2) is 0 Å². The molecule has 1 N–H and O–H groups in total.